The van der Waals surface area contributed by atoms with Crippen molar-refractivity contribution in [1.82, 2.24) is 0 Å². The maximum absolute atomic E-state index is 12.9. The molecule has 0 unspecified atom stereocenters. The Morgan fingerprint density at radius 3 is 2.33 bits per heavy atom. The second kappa shape index (κ2) is 4.89. The third kappa shape index (κ3) is 3.32. The molecule has 1 amide bonds. The highest BCUT2D eigenvalue weighted by Gasteiger charge is 2.21. The minimum Gasteiger partial charge on any atom is -0.323 e. The summed E-state index contributed by atoms with van der Waals surface area (Å²) in [6.07, 6.45) is -2.12. The van der Waals surface area contributed by atoms with E-state index in [4.69, 9.17) is 11.6 Å². The summed E-state index contributed by atoms with van der Waals surface area (Å²) >= 11 is 5.62. The quantitative estimate of drug-likeness (QED) is 0.808. The Labute approximate surface area is 91.2 Å². The van der Waals surface area contributed by atoms with Gasteiger partial charge < -0.3 is 5.32 Å². The monoisotopic (exact) mass is 229 g/mol. The van der Waals surface area contributed by atoms with Crippen molar-refractivity contribution >= 4 is 29.0 Å². The Bertz CT molecular complexity index is 378. The van der Waals surface area contributed by atoms with Crippen LogP contribution in [0.3, 0.4) is 0 Å². The maximum Gasteiger partial charge on any atom is 0.266 e. The van der Waals surface area contributed by atoms with Crippen LogP contribution in [0.5, 0.6) is 0 Å². The molecule has 0 aromatic heterocycles. The van der Waals surface area contributed by atoms with Gasteiger partial charge >= 0.3 is 0 Å². The molecule has 1 aromatic rings. The van der Waals surface area contributed by atoms with E-state index in [2.05, 4.69) is 5.32 Å². The molecule has 0 aliphatic rings. The number of carbonyl (C=O) groups is 2. The second-order valence-electron chi connectivity index (χ2n) is 2.97. The van der Waals surface area contributed by atoms with Crippen LogP contribution >= 0.6 is 11.6 Å². The van der Waals surface area contributed by atoms with Crippen molar-refractivity contribution in [2.24, 2.45) is 0 Å². The summed E-state index contributed by atoms with van der Waals surface area (Å²) in [5.74, 6) is -1.79. The van der Waals surface area contributed by atoms with Crippen LogP contribution in [-0.4, -0.2) is 17.9 Å². The summed E-state index contributed by atoms with van der Waals surface area (Å²) in [6.45, 7) is 1.02. The third-order valence-electron chi connectivity index (χ3n) is 1.70. The van der Waals surface area contributed by atoms with E-state index in [1.165, 1.54) is 12.1 Å². The van der Waals surface area contributed by atoms with Crippen LogP contribution in [-0.2, 0) is 9.59 Å². The van der Waals surface area contributed by atoms with E-state index in [-0.39, 0.29) is 0 Å². The van der Waals surface area contributed by atoms with E-state index in [0.29, 0.717) is 10.7 Å². The van der Waals surface area contributed by atoms with Crippen molar-refractivity contribution in [3.63, 3.8) is 0 Å². The number of hydrogen-bond acceptors (Lipinski definition) is 2. The number of ketones is 1. The highest BCUT2D eigenvalue weighted by molar-refractivity contribution is 6.30. The molecule has 0 spiro atoms. The van der Waals surface area contributed by atoms with Gasteiger partial charge in [0.15, 0.2) is 5.78 Å². The van der Waals surface area contributed by atoms with E-state index < -0.39 is 17.9 Å². The van der Waals surface area contributed by atoms with Crippen LogP contribution in [0.15, 0.2) is 24.3 Å². The topological polar surface area (TPSA) is 46.2 Å². The number of amides is 1. The molecule has 1 atom stereocenters. The van der Waals surface area contributed by atoms with Crippen molar-refractivity contribution in [3.8, 4) is 0 Å². The number of halogens is 2. The first kappa shape index (κ1) is 11.7. The third-order valence-corrected chi connectivity index (χ3v) is 1.95. The van der Waals surface area contributed by atoms with Gasteiger partial charge in [0.1, 0.15) is 0 Å². The summed E-state index contributed by atoms with van der Waals surface area (Å²) < 4.78 is 12.9. The van der Waals surface area contributed by atoms with E-state index in [1.807, 2.05) is 0 Å². The fourth-order valence-electron chi connectivity index (χ4n) is 0.923. The van der Waals surface area contributed by atoms with Crippen molar-refractivity contribution in [2.75, 3.05) is 5.32 Å². The molecule has 0 bridgehead atoms. The molecule has 80 valence electrons. The van der Waals surface area contributed by atoms with Crippen LogP contribution in [0, 0.1) is 0 Å². The molecule has 3 nitrogen and oxygen atoms in total. The van der Waals surface area contributed by atoms with Crippen LogP contribution in [0.1, 0.15) is 6.92 Å². The standard InChI is InChI=1S/C10H9ClFNO2/c1-6(14)9(12)10(15)13-8-4-2-7(11)3-5-8/h2-5,9H,1H3,(H,13,15)/t9-/m0/s1. The molecule has 0 fully saturated rings. The number of nitrogens with one attached hydrogen (secondary N) is 1. The SMILES string of the molecule is CC(=O)[C@H](F)C(=O)Nc1ccc(Cl)cc1. The summed E-state index contributed by atoms with van der Waals surface area (Å²) in [7, 11) is 0. The van der Waals surface area contributed by atoms with Gasteiger partial charge in [-0.3, -0.25) is 9.59 Å². The molecule has 0 heterocycles. The smallest absolute Gasteiger partial charge is 0.266 e. The molecule has 0 radical (unpaired) electrons. The highest BCUT2D eigenvalue weighted by Crippen LogP contribution is 2.13. The second-order valence-corrected chi connectivity index (χ2v) is 3.41. The van der Waals surface area contributed by atoms with Gasteiger partial charge in [0.2, 0.25) is 6.17 Å². The van der Waals surface area contributed by atoms with Gasteiger partial charge in [-0.25, -0.2) is 4.39 Å². The largest absolute Gasteiger partial charge is 0.323 e. The van der Waals surface area contributed by atoms with E-state index in [0.717, 1.165) is 6.92 Å². The van der Waals surface area contributed by atoms with Crippen molar-refractivity contribution in [2.45, 2.75) is 13.1 Å². The zero-order valence-corrected chi connectivity index (χ0v) is 8.72. The Morgan fingerprint density at radius 2 is 1.87 bits per heavy atom. The average molecular weight is 230 g/mol. The Balaban J connectivity index is 2.66. The van der Waals surface area contributed by atoms with Gasteiger partial charge in [-0.15, -0.1) is 0 Å². The summed E-state index contributed by atoms with van der Waals surface area (Å²) in [5.41, 5.74) is 0.397. The Morgan fingerprint density at radius 1 is 1.33 bits per heavy atom. The molecule has 0 saturated heterocycles. The Kier molecular flexibility index (Phi) is 3.80. The van der Waals surface area contributed by atoms with Crippen molar-refractivity contribution in [1.29, 1.82) is 0 Å². The minimum absolute atomic E-state index is 0.397. The zero-order valence-electron chi connectivity index (χ0n) is 7.96. The minimum atomic E-state index is -2.12. The lowest BCUT2D eigenvalue weighted by Gasteiger charge is -2.06. The number of hydrogen-bond donors (Lipinski definition) is 1. The molecule has 15 heavy (non-hydrogen) atoms. The van der Waals surface area contributed by atoms with Crippen LogP contribution in [0.2, 0.25) is 5.02 Å². The zero-order chi connectivity index (χ0) is 11.4. The fraction of sp³-hybridized carbons (Fsp3) is 0.200. The van der Waals surface area contributed by atoms with Crippen LogP contribution in [0.4, 0.5) is 10.1 Å². The fourth-order valence-corrected chi connectivity index (χ4v) is 1.05. The molecule has 1 N–H and O–H groups in total. The summed E-state index contributed by atoms with van der Waals surface area (Å²) in [6, 6.07) is 6.15. The summed E-state index contributed by atoms with van der Waals surface area (Å²) in [4.78, 5) is 21.7. The van der Waals surface area contributed by atoms with Gasteiger partial charge in [-0.1, -0.05) is 11.6 Å². The molecule has 0 aliphatic carbocycles. The lowest BCUT2D eigenvalue weighted by Crippen LogP contribution is -2.29. The van der Waals surface area contributed by atoms with Crippen LogP contribution in [0.25, 0.3) is 0 Å². The van der Waals surface area contributed by atoms with Crippen LogP contribution < -0.4 is 5.32 Å². The van der Waals surface area contributed by atoms with E-state index in [9.17, 15) is 14.0 Å². The average Bonchev–Trinajstić information content (AvgIpc) is 2.20. The number of Topliss-reactive ketones (excluding diaryl/α,β-unsaturated/α-hetero) is 1. The lowest BCUT2D eigenvalue weighted by atomic mass is 10.2. The summed E-state index contributed by atoms with van der Waals surface area (Å²) in [5, 5.41) is 2.77. The van der Waals surface area contributed by atoms with Gasteiger partial charge in [0, 0.05) is 10.7 Å². The first-order valence-electron chi connectivity index (χ1n) is 4.21. The first-order chi connectivity index (χ1) is 7.00. The number of rotatable bonds is 3. The first-order valence-corrected chi connectivity index (χ1v) is 4.59. The van der Waals surface area contributed by atoms with E-state index >= 15 is 0 Å². The molecule has 1 rings (SSSR count). The van der Waals surface area contributed by atoms with Gasteiger partial charge in [0.05, 0.1) is 0 Å². The lowest BCUT2D eigenvalue weighted by molar-refractivity contribution is -0.131. The molecular formula is C10H9ClFNO2. The van der Waals surface area contributed by atoms with Gasteiger partial charge in [0.25, 0.3) is 5.91 Å². The molecule has 0 saturated carbocycles. The maximum atomic E-state index is 12.9. The Hall–Kier alpha value is -1.42. The van der Waals surface area contributed by atoms with Gasteiger partial charge in [-0.05, 0) is 31.2 Å². The highest BCUT2D eigenvalue weighted by atomic mass is 35.5. The van der Waals surface area contributed by atoms with E-state index in [1.54, 1.807) is 12.1 Å². The molecule has 1 aromatic carbocycles. The predicted molar refractivity (Wildman–Crippen MR) is 55.7 cm³/mol. The van der Waals surface area contributed by atoms with Gasteiger partial charge in [-0.2, -0.15) is 0 Å². The van der Waals surface area contributed by atoms with Crippen molar-refractivity contribution < 1.29 is 14.0 Å². The number of benzene rings is 1. The number of anilines is 1. The normalized spacial score (nSPS) is 11.9. The molecule has 5 heteroatoms. The molecular weight excluding hydrogens is 221 g/mol. The predicted octanol–water partition coefficient (Wildman–Crippen LogP) is 2.21. The molecule has 0 aliphatic heterocycles. The number of alkyl halides is 1. The number of carbonyl (C=O) groups excluding carboxylic acids is 2. The van der Waals surface area contributed by atoms with Crippen molar-refractivity contribution in [3.05, 3.63) is 29.3 Å².